The lowest BCUT2D eigenvalue weighted by atomic mass is 9.94. The molecule has 2 aromatic rings. The molecule has 5 nitrogen and oxygen atoms in total. The highest BCUT2D eigenvalue weighted by Gasteiger charge is 2.32. The van der Waals surface area contributed by atoms with E-state index in [0.717, 1.165) is 31.0 Å². The maximum atomic E-state index is 13.8. The number of aromatic nitrogens is 2. The summed E-state index contributed by atoms with van der Waals surface area (Å²) in [6.07, 6.45) is -3.25. The summed E-state index contributed by atoms with van der Waals surface area (Å²) in [5, 5.41) is 0. The average molecular weight is 384 g/mol. The van der Waals surface area contributed by atoms with Gasteiger partial charge in [0.25, 0.3) is 5.56 Å². The molecule has 0 radical (unpaired) electrons. The van der Waals surface area contributed by atoms with Crippen molar-refractivity contribution in [3.8, 4) is 5.75 Å². The van der Waals surface area contributed by atoms with Crippen LogP contribution in [0.4, 0.5) is 17.6 Å². The molecule has 1 heterocycles. The predicted molar refractivity (Wildman–Crippen MR) is 87.3 cm³/mol. The molecular formula is C18H16F4N2O3. The number of benzene rings is 1. The molecule has 0 spiro atoms. The summed E-state index contributed by atoms with van der Waals surface area (Å²) < 4.78 is 54.0. The maximum Gasteiger partial charge on any atom is 0.573 e. The van der Waals surface area contributed by atoms with E-state index in [1.807, 2.05) is 0 Å². The number of rotatable bonds is 6. The van der Waals surface area contributed by atoms with E-state index in [1.54, 1.807) is 6.92 Å². The Morgan fingerprint density at radius 3 is 2.63 bits per heavy atom. The van der Waals surface area contributed by atoms with Gasteiger partial charge in [0.2, 0.25) is 0 Å². The van der Waals surface area contributed by atoms with Crippen LogP contribution in [0.25, 0.3) is 0 Å². The number of nitrogens with zero attached hydrogens (tertiary/aromatic N) is 1. The zero-order valence-corrected chi connectivity index (χ0v) is 14.3. The van der Waals surface area contributed by atoms with Crippen molar-refractivity contribution in [3.05, 3.63) is 57.5 Å². The van der Waals surface area contributed by atoms with Crippen LogP contribution in [0, 0.1) is 5.82 Å². The van der Waals surface area contributed by atoms with Gasteiger partial charge in [0.05, 0.1) is 0 Å². The first-order chi connectivity index (χ1) is 12.6. The van der Waals surface area contributed by atoms with E-state index < -0.39 is 35.2 Å². The highest BCUT2D eigenvalue weighted by molar-refractivity contribution is 5.94. The van der Waals surface area contributed by atoms with Crippen molar-refractivity contribution in [1.82, 2.24) is 9.97 Å². The second-order valence-electron chi connectivity index (χ2n) is 6.56. The van der Waals surface area contributed by atoms with Crippen LogP contribution < -0.4 is 10.3 Å². The van der Waals surface area contributed by atoms with Gasteiger partial charge in [0.1, 0.15) is 11.5 Å². The summed E-state index contributed by atoms with van der Waals surface area (Å²) in [5.74, 6) is -2.34. The summed E-state index contributed by atoms with van der Waals surface area (Å²) in [4.78, 5) is 30.9. The number of aromatic amines is 1. The molecular weight excluding hydrogens is 368 g/mol. The quantitative estimate of drug-likeness (QED) is 0.602. The third-order valence-electron chi connectivity index (χ3n) is 4.25. The van der Waals surface area contributed by atoms with Crippen LogP contribution in [0.2, 0.25) is 0 Å². The molecule has 1 aromatic heterocycles. The first-order valence-corrected chi connectivity index (χ1v) is 8.32. The van der Waals surface area contributed by atoms with E-state index in [2.05, 4.69) is 14.7 Å². The van der Waals surface area contributed by atoms with Crippen LogP contribution >= 0.6 is 0 Å². The van der Waals surface area contributed by atoms with Crippen molar-refractivity contribution >= 4 is 5.78 Å². The van der Waals surface area contributed by atoms with E-state index in [-0.39, 0.29) is 18.0 Å². The van der Waals surface area contributed by atoms with Crippen LogP contribution in [-0.2, 0) is 0 Å². The SMILES string of the molecule is C[C@@H](CC(=O)c1cc(=O)[nH]c(C2CC2)n1)c1ccc(OC(F)(F)F)c(F)c1. The van der Waals surface area contributed by atoms with Gasteiger partial charge in [-0.15, -0.1) is 13.2 Å². The van der Waals surface area contributed by atoms with Crippen LogP contribution in [0.1, 0.15) is 59.9 Å². The summed E-state index contributed by atoms with van der Waals surface area (Å²) in [6, 6.07) is 4.15. The third-order valence-corrected chi connectivity index (χ3v) is 4.25. The van der Waals surface area contributed by atoms with Crippen molar-refractivity contribution in [2.75, 3.05) is 0 Å². The number of halogens is 4. The van der Waals surface area contributed by atoms with Gasteiger partial charge in [0.15, 0.2) is 17.3 Å². The summed E-state index contributed by atoms with van der Waals surface area (Å²) in [5.41, 5.74) is -0.0461. The molecule has 0 aliphatic heterocycles. The number of carbonyl (C=O) groups excluding carboxylic acids is 1. The number of ketones is 1. The molecule has 1 N–H and O–H groups in total. The molecule has 1 aliphatic rings. The molecule has 9 heteroatoms. The molecule has 1 saturated carbocycles. The number of ether oxygens (including phenoxy) is 1. The number of alkyl halides is 3. The largest absolute Gasteiger partial charge is 0.573 e. The molecule has 0 saturated heterocycles. The van der Waals surface area contributed by atoms with Gasteiger partial charge in [-0.3, -0.25) is 9.59 Å². The first-order valence-electron chi connectivity index (χ1n) is 8.32. The zero-order valence-electron chi connectivity index (χ0n) is 14.3. The fourth-order valence-corrected chi connectivity index (χ4v) is 2.70. The number of carbonyl (C=O) groups is 1. The van der Waals surface area contributed by atoms with Gasteiger partial charge in [0, 0.05) is 18.4 Å². The van der Waals surface area contributed by atoms with Crippen molar-refractivity contribution in [2.24, 2.45) is 0 Å². The number of Topliss-reactive ketones (excluding diaryl/α,β-unsaturated/α-hetero) is 1. The van der Waals surface area contributed by atoms with E-state index >= 15 is 0 Å². The summed E-state index contributed by atoms with van der Waals surface area (Å²) in [6.45, 7) is 1.63. The molecule has 0 unspecified atom stereocenters. The molecule has 1 atom stereocenters. The van der Waals surface area contributed by atoms with E-state index in [4.69, 9.17) is 0 Å². The van der Waals surface area contributed by atoms with E-state index in [0.29, 0.717) is 11.4 Å². The fraction of sp³-hybridized carbons (Fsp3) is 0.389. The highest BCUT2D eigenvalue weighted by atomic mass is 19.4. The Kier molecular flexibility index (Phi) is 5.03. The Bertz CT molecular complexity index is 920. The Morgan fingerprint density at radius 2 is 2.04 bits per heavy atom. The minimum Gasteiger partial charge on any atom is -0.403 e. The minimum atomic E-state index is -4.99. The number of hydrogen-bond donors (Lipinski definition) is 1. The molecule has 0 amide bonds. The third kappa shape index (κ3) is 4.93. The molecule has 1 aliphatic carbocycles. The Morgan fingerprint density at radius 1 is 1.33 bits per heavy atom. The predicted octanol–water partition coefficient (Wildman–Crippen LogP) is 4.06. The van der Waals surface area contributed by atoms with Crippen LogP contribution in [-0.4, -0.2) is 22.1 Å². The summed E-state index contributed by atoms with van der Waals surface area (Å²) >= 11 is 0. The van der Waals surface area contributed by atoms with Gasteiger partial charge in [-0.25, -0.2) is 9.37 Å². The standard InChI is InChI=1S/C18H16F4N2O3/c1-9(11-4-5-15(12(19)7-11)27-18(20,21)22)6-14(25)13-8-16(26)24-17(23-13)10-2-3-10/h4-5,7-10H,2-3,6H2,1H3,(H,23,24,26)/t9-/m0/s1. The van der Waals surface area contributed by atoms with Crippen LogP contribution in [0.3, 0.4) is 0 Å². The van der Waals surface area contributed by atoms with Crippen molar-refractivity contribution in [2.45, 2.75) is 44.4 Å². The van der Waals surface area contributed by atoms with Gasteiger partial charge >= 0.3 is 6.36 Å². The lowest BCUT2D eigenvalue weighted by Gasteiger charge is -2.14. The first kappa shape index (κ1) is 19.1. The van der Waals surface area contributed by atoms with Gasteiger partial charge in [-0.05, 0) is 36.5 Å². The number of nitrogens with one attached hydrogen (secondary N) is 1. The Hall–Kier alpha value is -2.71. The Labute approximate surface area is 151 Å². The normalized spacial score (nSPS) is 15.4. The molecule has 27 heavy (non-hydrogen) atoms. The van der Waals surface area contributed by atoms with Gasteiger partial charge < -0.3 is 9.72 Å². The lowest BCUT2D eigenvalue weighted by Crippen LogP contribution is -2.18. The number of H-pyrrole nitrogens is 1. The fourth-order valence-electron chi connectivity index (χ4n) is 2.70. The Balaban J connectivity index is 1.73. The van der Waals surface area contributed by atoms with E-state index in [9.17, 15) is 27.2 Å². The summed E-state index contributed by atoms with van der Waals surface area (Å²) in [7, 11) is 0. The molecule has 0 bridgehead atoms. The van der Waals surface area contributed by atoms with Crippen molar-refractivity contribution in [1.29, 1.82) is 0 Å². The van der Waals surface area contributed by atoms with Crippen LogP contribution in [0.5, 0.6) is 5.75 Å². The smallest absolute Gasteiger partial charge is 0.403 e. The van der Waals surface area contributed by atoms with Crippen molar-refractivity contribution < 1.29 is 27.1 Å². The molecule has 1 fully saturated rings. The van der Waals surface area contributed by atoms with Crippen molar-refractivity contribution in [3.63, 3.8) is 0 Å². The van der Waals surface area contributed by atoms with Gasteiger partial charge in [-0.2, -0.15) is 0 Å². The molecule has 1 aromatic carbocycles. The topological polar surface area (TPSA) is 72.0 Å². The molecule has 144 valence electrons. The second-order valence-corrected chi connectivity index (χ2v) is 6.56. The minimum absolute atomic E-state index is 0.0324. The zero-order chi connectivity index (χ0) is 19.8. The van der Waals surface area contributed by atoms with Gasteiger partial charge in [-0.1, -0.05) is 13.0 Å². The second kappa shape index (κ2) is 7.13. The molecule has 3 rings (SSSR count). The number of hydrogen-bond acceptors (Lipinski definition) is 4. The average Bonchev–Trinajstić information content (AvgIpc) is 3.39. The van der Waals surface area contributed by atoms with E-state index in [1.165, 1.54) is 6.07 Å². The highest BCUT2D eigenvalue weighted by Crippen LogP contribution is 2.37. The lowest BCUT2D eigenvalue weighted by molar-refractivity contribution is -0.275. The maximum absolute atomic E-state index is 13.8. The monoisotopic (exact) mass is 384 g/mol. The van der Waals surface area contributed by atoms with Crippen LogP contribution in [0.15, 0.2) is 29.1 Å².